The molecule has 0 radical (unpaired) electrons. The van der Waals surface area contributed by atoms with E-state index in [1.54, 1.807) is 6.07 Å². The number of aromatic nitrogens is 2. The molecule has 0 aromatic carbocycles. The first-order chi connectivity index (χ1) is 11.0. The molecule has 23 heavy (non-hydrogen) atoms. The van der Waals surface area contributed by atoms with E-state index in [0.717, 1.165) is 49.1 Å². The second-order valence-corrected chi connectivity index (χ2v) is 6.47. The van der Waals surface area contributed by atoms with Gasteiger partial charge in [0.1, 0.15) is 17.3 Å². The molecule has 3 heterocycles. The Hall–Kier alpha value is -1.92. The molecule has 1 aliphatic rings. The minimum atomic E-state index is 0.0579. The molecule has 0 fully saturated rings. The highest BCUT2D eigenvalue weighted by Gasteiger charge is 2.18. The van der Waals surface area contributed by atoms with Crippen LogP contribution in [0.5, 0.6) is 0 Å². The Morgan fingerprint density at radius 2 is 2.13 bits per heavy atom. The third kappa shape index (κ3) is 3.89. The Morgan fingerprint density at radius 1 is 1.30 bits per heavy atom. The Kier molecular flexibility index (Phi) is 4.63. The monoisotopic (exact) mass is 316 g/mol. The summed E-state index contributed by atoms with van der Waals surface area (Å²) in [7, 11) is 3.97. The molecular formula is C17H24N4O2. The quantitative estimate of drug-likeness (QED) is 0.858. The smallest absolute Gasteiger partial charge is 0.253 e. The number of hydrogen-bond donors (Lipinski definition) is 0. The first-order valence-corrected chi connectivity index (χ1v) is 8.03. The van der Waals surface area contributed by atoms with Gasteiger partial charge in [-0.1, -0.05) is 0 Å². The van der Waals surface area contributed by atoms with Gasteiger partial charge < -0.3 is 9.32 Å². The van der Waals surface area contributed by atoms with Gasteiger partial charge in [0.2, 0.25) is 0 Å². The van der Waals surface area contributed by atoms with E-state index < -0.39 is 0 Å². The van der Waals surface area contributed by atoms with E-state index in [0.29, 0.717) is 13.1 Å². The van der Waals surface area contributed by atoms with Crippen LogP contribution in [0.2, 0.25) is 0 Å². The maximum Gasteiger partial charge on any atom is 0.253 e. The standard InChI is InChI=1S/C17H24N4O2/c1-13-5-6-15(23-13)11-20-7-4-8-21-16(12-20)18-14(9-17(21)22)10-19(2)3/h5-6,9H,4,7-8,10-12H2,1-3H3. The predicted molar refractivity (Wildman–Crippen MR) is 88.1 cm³/mol. The van der Waals surface area contributed by atoms with Crippen molar-refractivity contribution in [2.45, 2.75) is 39.5 Å². The number of aryl methyl sites for hydroxylation is 1. The molecule has 3 rings (SSSR count). The van der Waals surface area contributed by atoms with Gasteiger partial charge in [-0.2, -0.15) is 0 Å². The normalized spacial score (nSPS) is 15.7. The van der Waals surface area contributed by atoms with Crippen LogP contribution >= 0.6 is 0 Å². The van der Waals surface area contributed by atoms with Crippen molar-refractivity contribution in [3.05, 3.63) is 51.6 Å². The number of furan rings is 1. The lowest BCUT2D eigenvalue weighted by Crippen LogP contribution is -2.28. The van der Waals surface area contributed by atoms with Gasteiger partial charge in [-0.15, -0.1) is 0 Å². The van der Waals surface area contributed by atoms with E-state index in [4.69, 9.17) is 9.40 Å². The van der Waals surface area contributed by atoms with E-state index in [9.17, 15) is 4.79 Å². The molecule has 1 aliphatic heterocycles. The summed E-state index contributed by atoms with van der Waals surface area (Å²) in [5, 5.41) is 0. The average Bonchev–Trinajstić information content (AvgIpc) is 2.75. The first-order valence-electron chi connectivity index (χ1n) is 8.03. The molecule has 6 heteroatoms. The maximum absolute atomic E-state index is 12.4. The van der Waals surface area contributed by atoms with Crippen molar-refractivity contribution < 1.29 is 4.42 Å². The fourth-order valence-electron chi connectivity index (χ4n) is 3.03. The molecule has 0 N–H and O–H groups in total. The van der Waals surface area contributed by atoms with Crippen LogP contribution in [0.3, 0.4) is 0 Å². The van der Waals surface area contributed by atoms with Crippen molar-refractivity contribution in [3.8, 4) is 0 Å². The van der Waals surface area contributed by atoms with Crippen molar-refractivity contribution in [2.24, 2.45) is 0 Å². The SMILES string of the molecule is Cc1ccc(CN2CCCn3c(nc(CN(C)C)cc3=O)C2)o1. The zero-order valence-corrected chi connectivity index (χ0v) is 14.1. The van der Waals surface area contributed by atoms with Crippen LogP contribution in [0, 0.1) is 6.92 Å². The Morgan fingerprint density at radius 3 is 2.83 bits per heavy atom. The third-order valence-corrected chi connectivity index (χ3v) is 4.02. The average molecular weight is 316 g/mol. The highest BCUT2D eigenvalue weighted by Crippen LogP contribution is 2.15. The van der Waals surface area contributed by atoms with Gasteiger partial charge in [-0.3, -0.25) is 14.3 Å². The van der Waals surface area contributed by atoms with Crippen LogP contribution in [0.15, 0.2) is 27.4 Å². The summed E-state index contributed by atoms with van der Waals surface area (Å²) < 4.78 is 7.49. The van der Waals surface area contributed by atoms with Crippen LogP contribution in [0.4, 0.5) is 0 Å². The molecule has 0 unspecified atom stereocenters. The largest absolute Gasteiger partial charge is 0.465 e. The van der Waals surface area contributed by atoms with Crippen LogP contribution in [0.25, 0.3) is 0 Å². The summed E-state index contributed by atoms with van der Waals surface area (Å²) in [4.78, 5) is 21.4. The van der Waals surface area contributed by atoms with E-state index in [1.807, 2.05) is 42.6 Å². The van der Waals surface area contributed by atoms with Gasteiger partial charge in [-0.25, -0.2) is 4.98 Å². The minimum absolute atomic E-state index is 0.0579. The van der Waals surface area contributed by atoms with Crippen LogP contribution in [0.1, 0.15) is 29.5 Å². The molecule has 0 saturated carbocycles. The third-order valence-electron chi connectivity index (χ3n) is 4.02. The summed E-state index contributed by atoms with van der Waals surface area (Å²) in [5.74, 6) is 2.75. The molecule has 0 atom stereocenters. The lowest BCUT2D eigenvalue weighted by atomic mass is 10.3. The summed E-state index contributed by atoms with van der Waals surface area (Å²) in [6.07, 6.45) is 0.946. The predicted octanol–water partition coefficient (Wildman–Crippen LogP) is 1.61. The zero-order valence-electron chi connectivity index (χ0n) is 14.1. The van der Waals surface area contributed by atoms with E-state index in [-0.39, 0.29) is 5.56 Å². The summed E-state index contributed by atoms with van der Waals surface area (Å²) >= 11 is 0. The van der Waals surface area contributed by atoms with Crippen LogP contribution in [-0.4, -0.2) is 40.0 Å². The maximum atomic E-state index is 12.4. The molecule has 2 aromatic heterocycles. The van der Waals surface area contributed by atoms with Crippen molar-refractivity contribution in [1.82, 2.24) is 19.4 Å². The van der Waals surface area contributed by atoms with E-state index in [2.05, 4.69) is 4.90 Å². The minimum Gasteiger partial charge on any atom is -0.465 e. The molecule has 124 valence electrons. The fourth-order valence-corrected chi connectivity index (χ4v) is 3.03. The van der Waals surface area contributed by atoms with Gasteiger partial charge in [0.05, 0.1) is 18.8 Å². The van der Waals surface area contributed by atoms with Gasteiger partial charge in [0.25, 0.3) is 5.56 Å². The lowest BCUT2D eigenvalue weighted by Gasteiger charge is -2.18. The lowest BCUT2D eigenvalue weighted by molar-refractivity contribution is 0.235. The van der Waals surface area contributed by atoms with E-state index in [1.165, 1.54) is 0 Å². The molecule has 0 spiro atoms. The molecule has 0 bridgehead atoms. The number of hydrogen-bond acceptors (Lipinski definition) is 5. The Labute approximate surface area is 136 Å². The van der Waals surface area contributed by atoms with Crippen molar-refractivity contribution in [3.63, 3.8) is 0 Å². The highest BCUT2D eigenvalue weighted by molar-refractivity contribution is 5.08. The zero-order chi connectivity index (χ0) is 16.4. The number of nitrogens with zero attached hydrogens (tertiary/aromatic N) is 4. The van der Waals surface area contributed by atoms with E-state index >= 15 is 0 Å². The van der Waals surface area contributed by atoms with Gasteiger partial charge in [-0.05, 0) is 39.6 Å². The molecule has 2 aromatic rings. The molecule has 0 saturated heterocycles. The van der Waals surface area contributed by atoms with Gasteiger partial charge in [0, 0.05) is 25.7 Å². The molecule has 0 aliphatic carbocycles. The van der Waals surface area contributed by atoms with Crippen molar-refractivity contribution in [2.75, 3.05) is 20.6 Å². The van der Waals surface area contributed by atoms with Gasteiger partial charge >= 0.3 is 0 Å². The molecular weight excluding hydrogens is 292 g/mol. The summed E-state index contributed by atoms with van der Waals surface area (Å²) in [5.41, 5.74) is 0.893. The number of fused-ring (bicyclic) bond motifs is 1. The van der Waals surface area contributed by atoms with Gasteiger partial charge in [0.15, 0.2) is 0 Å². The molecule has 6 nitrogen and oxygen atoms in total. The number of rotatable bonds is 4. The second kappa shape index (κ2) is 6.68. The summed E-state index contributed by atoms with van der Waals surface area (Å²) in [6.45, 7) is 5.73. The van der Waals surface area contributed by atoms with Crippen molar-refractivity contribution >= 4 is 0 Å². The fraction of sp³-hybridized carbons (Fsp3) is 0.529. The Balaban J connectivity index is 1.83. The van der Waals surface area contributed by atoms with Crippen molar-refractivity contribution in [1.29, 1.82) is 0 Å². The second-order valence-electron chi connectivity index (χ2n) is 6.47. The molecule has 0 amide bonds. The van der Waals surface area contributed by atoms with Crippen LogP contribution < -0.4 is 5.56 Å². The topological polar surface area (TPSA) is 54.5 Å². The summed E-state index contributed by atoms with van der Waals surface area (Å²) in [6, 6.07) is 5.66. The first kappa shape index (κ1) is 16.0. The van der Waals surface area contributed by atoms with Crippen LogP contribution in [-0.2, 0) is 26.2 Å². The highest BCUT2D eigenvalue weighted by atomic mass is 16.3. The Bertz CT molecular complexity index is 732.